The maximum absolute atomic E-state index is 12.5. The van der Waals surface area contributed by atoms with Gasteiger partial charge in [0, 0.05) is 23.2 Å². The lowest BCUT2D eigenvalue weighted by molar-refractivity contribution is -0.118. The second-order valence-electron chi connectivity index (χ2n) is 7.67. The molecule has 2 heterocycles. The summed E-state index contributed by atoms with van der Waals surface area (Å²) >= 11 is 6.11. The number of aryl methyl sites for hydroxylation is 3. The van der Waals surface area contributed by atoms with E-state index in [-0.39, 0.29) is 24.7 Å². The zero-order chi connectivity index (χ0) is 23.5. The topological polar surface area (TPSA) is 95.1 Å². The minimum Gasteiger partial charge on any atom is -0.485 e. The first-order valence-electron chi connectivity index (χ1n) is 10.2. The van der Waals surface area contributed by atoms with Gasteiger partial charge in [0.25, 0.3) is 11.5 Å². The van der Waals surface area contributed by atoms with Gasteiger partial charge in [0.2, 0.25) is 0 Å². The third kappa shape index (κ3) is 5.53. The normalized spacial score (nSPS) is 10.9. The average Bonchev–Trinajstić information content (AvgIpc) is 3.12. The van der Waals surface area contributed by atoms with E-state index in [1.54, 1.807) is 31.2 Å². The van der Waals surface area contributed by atoms with Gasteiger partial charge in [-0.3, -0.25) is 9.59 Å². The van der Waals surface area contributed by atoms with E-state index < -0.39 is 0 Å². The summed E-state index contributed by atoms with van der Waals surface area (Å²) in [5.41, 5.74) is 2.98. The van der Waals surface area contributed by atoms with Crippen LogP contribution in [0, 0.1) is 20.8 Å². The Balaban J connectivity index is 1.45. The van der Waals surface area contributed by atoms with Crippen molar-refractivity contribution in [3.8, 4) is 11.5 Å². The number of rotatable bonds is 7. The monoisotopic (exact) mass is 467 g/mol. The smallest absolute Gasteiger partial charge is 0.287 e. The zero-order valence-corrected chi connectivity index (χ0v) is 19.1. The van der Waals surface area contributed by atoms with Crippen molar-refractivity contribution in [2.75, 3.05) is 11.9 Å². The van der Waals surface area contributed by atoms with E-state index in [9.17, 15) is 9.59 Å². The number of halogens is 1. The van der Waals surface area contributed by atoms with E-state index >= 15 is 0 Å². The van der Waals surface area contributed by atoms with Gasteiger partial charge in [-0.05, 0) is 56.2 Å². The van der Waals surface area contributed by atoms with Gasteiger partial charge in [-0.15, -0.1) is 4.57 Å². The lowest BCUT2D eigenvalue weighted by Gasteiger charge is -2.13. The van der Waals surface area contributed by atoms with Gasteiger partial charge in [0.1, 0.15) is 23.9 Å². The highest BCUT2D eigenvalue weighted by Crippen LogP contribution is 2.29. The number of benzene rings is 2. The van der Waals surface area contributed by atoms with E-state index in [1.165, 1.54) is 6.07 Å². The summed E-state index contributed by atoms with van der Waals surface area (Å²) in [6.07, 6.45) is 0. The van der Waals surface area contributed by atoms with Crippen LogP contribution in [0.3, 0.4) is 0 Å². The van der Waals surface area contributed by atoms with Crippen molar-refractivity contribution in [2.24, 2.45) is 0 Å². The molecule has 0 saturated carbocycles. The molecule has 0 atom stereocenters. The zero-order valence-electron chi connectivity index (χ0n) is 18.3. The molecule has 0 bridgehead atoms. The van der Waals surface area contributed by atoms with Crippen LogP contribution in [-0.2, 0) is 11.4 Å². The summed E-state index contributed by atoms with van der Waals surface area (Å²) < 4.78 is 17.8. The van der Waals surface area contributed by atoms with Crippen molar-refractivity contribution in [1.82, 2.24) is 9.56 Å². The predicted octanol–water partition coefficient (Wildman–Crippen LogP) is 4.46. The fourth-order valence-corrected chi connectivity index (χ4v) is 3.53. The maximum Gasteiger partial charge on any atom is 0.287 e. The Morgan fingerprint density at radius 2 is 1.82 bits per heavy atom. The molecule has 0 aliphatic carbocycles. The Bertz CT molecular complexity index is 1370. The van der Waals surface area contributed by atoms with Crippen LogP contribution in [0.4, 0.5) is 5.69 Å². The van der Waals surface area contributed by atoms with Gasteiger partial charge >= 0.3 is 0 Å². The molecule has 9 heteroatoms. The number of carbonyl (C=O) groups excluding carboxylic acids is 1. The molecule has 0 saturated heterocycles. The van der Waals surface area contributed by atoms with Crippen molar-refractivity contribution >= 4 is 28.8 Å². The number of hydrogen-bond donors (Lipinski definition) is 1. The number of carbonyl (C=O) groups is 1. The number of amides is 1. The Morgan fingerprint density at radius 3 is 2.58 bits per heavy atom. The van der Waals surface area contributed by atoms with Crippen LogP contribution in [-0.4, -0.2) is 22.1 Å². The average molecular weight is 468 g/mol. The molecule has 0 aliphatic rings. The highest BCUT2D eigenvalue weighted by Gasteiger charge is 2.12. The Kier molecular flexibility index (Phi) is 6.37. The van der Waals surface area contributed by atoms with Crippen LogP contribution >= 0.6 is 11.6 Å². The first kappa shape index (κ1) is 22.4. The molecule has 2 aromatic heterocycles. The number of anilines is 1. The lowest BCUT2D eigenvalue weighted by atomic mass is 10.1. The summed E-state index contributed by atoms with van der Waals surface area (Å²) in [5.74, 6) is 1.18. The second kappa shape index (κ2) is 9.38. The van der Waals surface area contributed by atoms with E-state index in [4.69, 9.17) is 25.6 Å². The SMILES string of the molecule is Cc1cc(C)cc(OCC(=O)Nc2ccc(Cl)cc2OCc2cc(=O)n3oc(C)cc3n2)c1. The van der Waals surface area contributed by atoms with Crippen molar-refractivity contribution in [2.45, 2.75) is 27.4 Å². The lowest BCUT2D eigenvalue weighted by Crippen LogP contribution is -2.20. The highest BCUT2D eigenvalue weighted by molar-refractivity contribution is 6.30. The molecule has 170 valence electrons. The molecule has 1 amide bonds. The van der Waals surface area contributed by atoms with E-state index in [2.05, 4.69) is 10.3 Å². The molecule has 4 aromatic rings. The minimum absolute atomic E-state index is 0.00174. The number of hydrogen-bond acceptors (Lipinski definition) is 6. The first-order chi connectivity index (χ1) is 15.8. The first-order valence-corrected chi connectivity index (χ1v) is 10.6. The Hall–Kier alpha value is -3.78. The fourth-order valence-electron chi connectivity index (χ4n) is 3.37. The van der Waals surface area contributed by atoms with Crippen molar-refractivity contribution < 1.29 is 18.8 Å². The van der Waals surface area contributed by atoms with Crippen molar-refractivity contribution in [3.05, 3.63) is 86.5 Å². The van der Waals surface area contributed by atoms with Gasteiger partial charge in [-0.25, -0.2) is 4.98 Å². The summed E-state index contributed by atoms with van der Waals surface area (Å²) in [4.78, 5) is 29.0. The number of ether oxygens (including phenoxy) is 2. The van der Waals surface area contributed by atoms with Crippen molar-refractivity contribution in [3.63, 3.8) is 0 Å². The molecule has 0 radical (unpaired) electrons. The minimum atomic E-state index is -0.354. The maximum atomic E-state index is 12.5. The van der Waals surface area contributed by atoms with E-state index in [0.717, 1.165) is 15.7 Å². The van der Waals surface area contributed by atoms with Crippen LogP contribution in [0.5, 0.6) is 11.5 Å². The highest BCUT2D eigenvalue weighted by atomic mass is 35.5. The van der Waals surface area contributed by atoms with Crippen LogP contribution in [0.1, 0.15) is 22.6 Å². The van der Waals surface area contributed by atoms with Gasteiger partial charge in [-0.2, -0.15) is 0 Å². The summed E-state index contributed by atoms with van der Waals surface area (Å²) in [6, 6.07) is 13.6. The Morgan fingerprint density at radius 1 is 1.06 bits per heavy atom. The molecule has 0 aliphatic heterocycles. The number of nitrogens with zero attached hydrogens (tertiary/aromatic N) is 2. The number of aromatic nitrogens is 2. The van der Waals surface area contributed by atoms with Gasteiger partial charge in [-0.1, -0.05) is 17.7 Å². The van der Waals surface area contributed by atoms with Gasteiger partial charge in [0.05, 0.1) is 11.4 Å². The second-order valence-corrected chi connectivity index (χ2v) is 8.11. The van der Waals surface area contributed by atoms with E-state index in [0.29, 0.717) is 39.3 Å². The third-order valence-electron chi connectivity index (χ3n) is 4.68. The van der Waals surface area contributed by atoms with Gasteiger partial charge in [0.15, 0.2) is 12.3 Å². The van der Waals surface area contributed by atoms with Crippen LogP contribution in [0.25, 0.3) is 5.65 Å². The summed E-state index contributed by atoms with van der Waals surface area (Å²) in [5, 5.41) is 3.20. The summed E-state index contributed by atoms with van der Waals surface area (Å²) in [6.45, 7) is 5.49. The number of fused-ring (bicyclic) bond motifs is 1. The fraction of sp³-hybridized carbons (Fsp3) is 0.208. The molecule has 0 fully saturated rings. The molecule has 8 nitrogen and oxygen atoms in total. The van der Waals surface area contributed by atoms with Crippen molar-refractivity contribution in [1.29, 1.82) is 0 Å². The third-order valence-corrected chi connectivity index (χ3v) is 4.92. The van der Waals surface area contributed by atoms with Crippen LogP contribution in [0.15, 0.2) is 57.8 Å². The molecule has 2 aromatic carbocycles. The summed E-state index contributed by atoms with van der Waals surface area (Å²) in [7, 11) is 0. The molecular formula is C24H22ClN3O5. The van der Waals surface area contributed by atoms with Gasteiger partial charge < -0.3 is 19.3 Å². The molecule has 0 unspecified atom stereocenters. The largest absolute Gasteiger partial charge is 0.485 e. The molecular weight excluding hydrogens is 446 g/mol. The van der Waals surface area contributed by atoms with Crippen LogP contribution < -0.4 is 20.3 Å². The number of nitrogens with one attached hydrogen (secondary N) is 1. The quantitative estimate of drug-likeness (QED) is 0.431. The molecule has 1 N–H and O–H groups in total. The molecule has 33 heavy (non-hydrogen) atoms. The van der Waals surface area contributed by atoms with Crippen LogP contribution in [0.2, 0.25) is 5.02 Å². The Labute approximate surface area is 194 Å². The molecule has 0 spiro atoms. The van der Waals surface area contributed by atoms with E-state index in [1.807, 2.05) is 32.0 Å². The standard InChI is InChI=1S/C24H22ClN3O5/c1-14-6-15(2)8-19(7-14)31-13-23(29)27-20-5-4-17(25)10-21(20)32-12-18-11-24(30)28-22(26-18)9-16(3)33-28/h4-11H,12-13H2,1-3H3,(H,27,29). The molecule has 4 rings (SSSR count). The predicted molar refractivity (Wildman–Crippen MR) is 124 cm³/mol.